The summed E-state index contributed by atoms with van der Waals surface area (Å²) in [7, 11) is 0. The molecule has 0 aliphatic heterocycles. The fourth-order valence-corrected chi connectivity index (χ4v) is 2.07. The Morgan fingerprint density at radius 3 is 2.77 bits per heavy atom. The minimum atomic E-state index is -0.345. The molecule has 0 fully saturated rings. The molecule has 0 aromatic heterocycles. The summed E-state index contributed by atoms with van der Waals surface area (Å²) in [5.41, 5.74) is 4.86. The van der Waals surface area contributed by atoms with Crippen molar-refractivity contribution in [2.45, 2.75) is 26.4 Å². The molecule has 2 rings (SSSR count). The molecule has 1 aromatic carbocycles. The molecule has 0 saturated heterocycles. The smallest absolute Gasteiger partial charge is 0.0997 e. The van der Waals surface area contributed by atoms with Crippen molar-refractivity contribution >= 4 is 0 Å². The summed E-state index contributed by atoms with van der Waals surface area (Å²) in [5.74, 6) is 0. The van der Waals surface area contributed by atoms with Crippen molar-refractivity contribution in [3.8, 4) is 6.07 Å². The van der Waals surface area contributed by atoms with Crippen LogP contribution >= 0.6 is 0 Å². The Balaban J connectivity index is 2.70. The van der Waals surface area contributed by atoms with E-state index in [2.05, 4.69) is 6.07 Å². The van der Waals surface area contributed by atoms with Gasteiger partial charge in [0.15, 0.2) is 0 Å². The lowest BCUT2D eigenvalue weighted by Gasteiger charge is -2.29. The van der Waals surface area contributed by atoms with Gasteiger partial charge in [-0.05, 0) is 36.1 Å². The maximum absolute atomic E-state index is 9.48. The Labute approximate surface area is 77.4 Å². The van der Waals surface area contributed by atoms with Gasteiger partial charge in [0, 0.05) is 6.42 Å². The van der Waals surface area contributed by atoms with Crippen molar-refractivity contribution in [1.29, 1.82) is 5.26 Å². The molecule has 1 N–H and O–H groups in total. The largest absolute Gasteiger partial charge is 0.388 e. The zero-order chi connectivity index (χ0) is 9.59. The molecule has 0 amide bonds. The summed E-state index contributed by atoms with van der Waals surface area (Å²) in [4.78, 5) is 0. The molecule has 2 heteroatoms. The molecule has 66 valence electrons. The Morgan fingerprint density at radius 2 is 2.23 bits per heavy atom. The van der Waals surface area contributed by atoms with E-state index in [4.69, 9.17) is 5.26 Å². The molecule has 13 heavy (non-hydrogen) atoms. The molecule has 1 aromatic rings. The number of nitriles is 1. The zero-order valence-corrected chi connectivity index (χ0v) is 7.76. The lowest BCUT2D eigenvalue weighted by molar-refractivity contribution is 0.153. The van der Waals surface area contributed by atoms with Gasteiger partial charge in [0.2, 0.25) is 0 Å². The van der Waals surface area contributed by atoms with E-state index in [9.17, 15) is 5.11 Å². The van der Waals surface area contributed by atoms with Crippen LogP contribution in [0.1, 0.15) is 33.9 Å². The van der Waals surface area contributed by atoms with Crippen molar-refractivity contribution < 1.29 is 5.11 Å². The van der Waals surface area contributed by atoms with E-state index in [-0.39, 0.29) is 6.10 Å². The number of aryl methyl sites for hydroxylation is 1. The van der Waals surface area contributed by atoms with Crippen LogP contribution in [0.15, 0.2) is 6.07 Å². The first-order chi connectivity index (χ1) is 6.15. The van der Waals surface area contributed by atoms with Crippen molar-refractivity contribution in [2.75, 3.05) is 0 Å². The van der Waals surface area contributed by atoms with Gasteiger partial charge < -0.3 is 5.11 Å². The van der Waals surface area contributed by atoms with Crippen LogP contribution in [0.2, 0.25) is 0 Å². The highest BCUT2D eigenvalue weighted by atomic mass is 16.3. The molecule has 0 spiro atoms. The number of hydrogen-bond acceptors (Lipinski definition) is 2. The van der Waals surface area contributed by atoms with E-state index < -0.39 is 0 Å². The van der Waals surface area contributed by atoms with Gasteiger partial charge in [-0.15, -0.1) is 0 Å². The summed E-state index contributed by atoms with van der Waals surface area (Å²) in [5, 5.41) is 18.4. The van der Waals surface area contributed by atoms with Crippen LogP contribution in [-0.2, 0) is 6.42 Å². The first-order valence-electron chi connectivity index (χ1n) is 4.36. The standard InChI is InChI=1S/C11H11NO/c1-6-3-8-4-10(13)11(8)7(2)9(6)5-12/h3,10,13H,4H2,1-2H3. The predicted molar refractivity (Wildman–Crippen MR) is 49.3 cm³/mol. The van der Waals surface area contributed by atoms with E-state index in [0.717, 1.165) is 28.7 Å². The van der Waals surface area contributed by atoms with Gasteiger partial charge in [-0.2, -0.15) is 5.26 Å². The van der Waals surface area contributed by atoms with E-state index in [1.54, 1.807) is 0 Å². The number of hydrogen-bond donors (Lipinski definition) is 1. The molecule has 1 atom stereocenters. The maximum Gasteiger partial charge on any atom is 0.0997 e. The maximum atomic E-state index is 9.48. The Kier molecular flexibility index (Phi) is 1.64. The molecule has 0 heterocycles. The number of aliphatic hydroxyl groups is 1. The minimum Gasteiger partial charge on any atom is -0.388 e. The molecule has 1 aliphatic carbocycles. The first kappa shape index (κ1) is 8.28. The zero-order valence-electron chi connectivity index (χ0n) is 7.76. The Morgan fingerprint density at radius 1 is 1.54 bits per heavy atom. The van der Waals surface area contributed by atoms with E-state index in [0.29, 0.717) is 0 Å². The van der Waals surface area contributed by atoms with Crippen LogP contribution in [-0.4, -0.2) is 5.11 Å². The molecule has 0 bridgehead atoms. The van der Waals surface area contributed by atoms with Gasteiger partial charge in [0.1, 0.15) is 0 Å². The van der Waals surface area contributed by atoms with Crippen molar-refractivity contribution in [3.05, 3.63) is 33.9 Å². The van der Waals surface area contributed by atoms with Crippen LogP contribution in [0, 0.1) is 25.2 Å². The highest BCUT2D eigenvalue weighted by molar-refractivity contribution is 5.55. The average Bonchev–Trinajstić information content (AvgIpc) is 2.02. The second kappa shape index (κ2) is 2.58. The average molecular weight is 173 g/mol. The highest BCUT2D eigenvalue weighted by Crippen LogP contribution is 2.37. The molecular weight excluding hydrogens is 162 g/mol. The third-order valence-electron chi connectivity index (χ3n) is 2.77. The molecule has 2 nitrogen and oxygen atoms in total. The number of aliphatic hydroxyl groups excluding tert-OH is 1. The van der Waals surface area contributed by atoms with Gasteiger partial charge in [0.05, 0.1) is 17.7 Å². The number of benzene rings is 1. The van der Waals surface area contributed by atoms with Gasteiger partial charge in [-0.25, -0.2) is 0 Å². The molecule has 0 saturated carbocycles. The van der Waals surface area contributed by atoms with Gasteiger partial charge >= 0.3 is 0 Å². The van der Waals surface area contributed by atoms with Crippen LogP contribution in [0.25, 0.3) is 0 Å². The van der Waals surface area contributed by atoms with E-state index >= 15 is 0 Å². The fraction of sp³-hybridized carbons (Fsp3) is 0.364. The predicted octanol–water partition coefficient (Wildman–Crippen LogP) is 1.76. The number of nitrogens with zero attached hydrogens (tertiary/aromatic N) is 1. The second-order valence-corrected chi connectivity index (χ2v) is 3.60. The SMILES string of the molecule is Cc1cc2c(c(C)c1C#N)C(O)C2. The highest BCUT2D eigenvalue weighted by Gasteiger charge is 2.27. The minimum absolute atomic E-state index is 0.345. The van der Waals surface area contributed by atoms with Crippen LogP contribution in [0.4, 0.5) is 0 Å². The van der Waals surface area contributed by atoms with Crippen LogP contribution in [0.3, 0.4) is 0 Å². The molecule has 0 radical (unpaired) electrons. The van der Waals surface area contributed by atoms with E-state index in [1.807, 2.05) is 19.9 Å². The van der Waals surface area contributed by atoms with Crippen molar-refractivity contribution in [2.24, 2.45) is 0 Å². The van der Waals surface area contributed by atoms with Crippen molar-refractivity contribution in [3.63, 3.8) is 0 Å². The summed E-state index contributed by atoms with van der Waals surface area (Å²) in [6.45, 7) is 3.85. The lowest BCUT2D eigenvalue weighted by Crippen LogP contribution is -2.19. The molecule has 1 aliphatic rings. The summed E-state index contributed by atoms with van der Waals surface area (Å²) in [6, 6.07) is 4.18. The number of rotatable bonds is 0. The van der Waals surface area contributed by atoms with Crippen molar-refractivity contribution in [1.82, 2.24) is 0 Å². The normalized spacial score (nSPS) is 18.8. The topological polar surface area (TPSA) is 44.0 Å². The van der Waals surface area contributed by atoms with Gasteiger partial charge in [-0.1, -0.05) is 6.07 Å². The quantitative estimate of drug-likeness (QED) is 0.649. The Bertz CT molecular complexity index is 415. The van der Waals surface area contributed by atoms with Crippen LogP contribution < -0.4 is 0 Å². The van der Waals surface area contributed by atoms with Crippen LogP contribution in [0.5, 0.6) is 0 Å². The van der Waals surface area contributed by atoms with Gasteiger partial charge in [-0.3, -0.25) is 0 Å². The third-order valence-corrected chi connectivity index (χ3v) is 2.77. The summed E-state index contributed by atoms with van der Waals surface area (Å²) >= 11 is 0. The number of fused-ring (bicyclic) bond motifs is 1. The van der Waals surface area contributed by atoms with E-state index in [1.165, 1.54) is 5.56 Å². The summed E-state index contributed by atoms with van der Waals surface area (Å²) in [6.07, 6.45) is 0.394. The monoisotopic (exact) mass is 173 g/mol. The Hall–Kier alpha value is -1.33. The fourth-order valence-electron chi connectivity index (χ4n) is 2.07. The first-order valence-corrected chi connectivity index (χ1v) is 4.36. The summed E-state index contributed by atoms with van der Waals surface area (Å²) < 4.78 is 0. The van der Waals surface area contributed by atoms with Gasteiger partial charge in [0.25, 0.3) is 0 Å². The second-order valence-electron chi connectivity index (χ2n) is 3.60. The molecule has 1 unspecified atom stereocenters. The third kappa shape index (κ3) is 0.976. The molecular formula is C11H11NO. The lowest BCUT2D eigenvalue weighted by atomic mass is 9.79.